The van der Waals surface area contributed by atoms with Crippen molar-refractivity contribution in [1.82, 2.24) is 5.48 Å². The van der Waals surface area contributed by atoms with E-state index in [-0.39, 0.29) is 17.3 Å². The van der Waals surface area contributed by atoms with Crippen LogP contribution in [0.15, 0.2) is 24.8 Å². The summed E-state index contributed by atoms with van der Waals surface area (Å²) in [5.74, 6) is 0.842. The standard InChI is InChI=1S/C22H31NO4/c1-16(2)17-11-18(13-19(12-17)27-20-5-3-4-10-25-20)22-8-6-21(7-9-22,14-23-24)15-26-22/h11-13,20,23-24H,1,3-10,14-15H2,2H3. The molecule has 2 bridgehead atoms. The molecule has 5 rings (SSSR count). The average Bonchev–Trinajstić information content (AvgIpc) is 2.70. The van der Waals surface area contributed by atoms with Crippen LogP contribution in [0.2, 0.25) is 0 Å². The maximum atomic E-state index is 9.16. The molecule has 148 valence electrons. The normalized spacial score (nSPS) is 33.0. The second-order valence-corrected chi connectivity index (χ2v) is 8.56. The van der Waals surface area contributed by atoms with Gasteiger partial charge in [-0.15, -0.1) is 0 Å². The van der Waals surface area contributed by atoms with Crippen molar-refractivity contribution in [2.24, 2.45) is 5.41 Å². The van der Waals surface area contributed by atoms with Crippen LogP contribution in [0.1, 0.15) is 63.0 Å². The van der Waals surface area contributed by atoms with E-state index >= 15 is 0 Å². The zero-order valence-corrected chi connectivity index (χ0v) is 16.3. The third-order valence-corrected chi connectivity index (χ3v) is 6.56. The van der Waals surface area contributed by atoms with Crippen LogP contribution in [-0.2, 0) is 15.1 Å². The molecule has 1 aromatic rings. The Morgan fingerprint density at radius 3 is 2.67 bits per heavy atom. The predicted molar refractivity (Wildman–Crippen MR) is 104 cm³/mol. The molecule has 27 heavy (non-hydrogen) atoms. The summed E-state index contributed by atoms with van der Waals surface area (Å²) < 4.78 is 18.4. The first-order chi connectivity index (χ1) is 13.0. The zero-order valence-electron chi connectivity index (χ0n) is 16.3. The van der Waals surface area contributed by atoms with Crippen LogP contribution in [0, 0.1) is 5.41 Å². The number of benzene rings is 1. The third-order valence-electron chi connectivity index (χ3n) is 6.56. The third kappa shape index (κ3) is 3.79. The number of hydroxylamine groups is 1. The van der Waals surface area contributed by atoms with Crippen molar-refractivity contribution in [1.29, 1.82) is 0 Å². The van der Waals surface area contributed by atoms with Gasteiger partial charge in [0.05, 0.1) is 18.8 Å². The molecule has 5 nitrogen and oxygen atoms in total. The number of allylic oxidation sites excluding steroid dienone is 1. The first-order valence-electron chi connectivity index (χ1n) is 10.1. The van der Waals surface area contributed by atoms with Gasteiger partial charge in [-0.05, 0) is 74.8 Å². The van der Waals surface area contributed by atoms with Crippen molar-refractivity contribution in [3.05, 3.63) is 35.9 Å². The highest BCUT2D eigenvalue weighted by Crippen LogP contribution is 2.54. The van der Waals surface area contributed by atoms with Gasteiger partial charge in [-0.3, -0.25) is 0 Å². The number of hydrogen-bond acceptors (Lipinski definition) is 5. The van der Waals surface area contributed by atoms with Crippen molar-refractivity contribution >= 4 is 5.57 Å². The molecule has 1 saturated carbocycles. The van der Waals surface area contributed by atoms with Gasteiger partial charge in [-0.1, -0.05) is 12.2 Å². The molecule has 0 aromatic heterocycles. The molecule has 1 atom stereocenters. The van der Waals surface area contributed by atoms with Gasteiger partial charge in [0.2, 0.25) is 0 Å². The Morgan fingerprint density at radius 1 is 1.26 bits per heavy atom. The highest BCUT2D eigenvalue weighted by Gasteiger charge is 2.50. The first-order valence-corrected chi connectivity index (χ1v) is 10.1. The minimum Gasteiger partial charge on any atom is -0.465 e. The van der Waals surface area contributed by atoms with Crippen LogP contribution < -0.4 is 10.2 Å². The molecular weight excluding hydrogens is 342 g/mol. The molecule has 1 aromatic carbocycles. The monoisotopic (exact) mass is 373 g/mol. The Kier molecular flexibility index (Phi) is 5.30. The summed E-state index contributed by atoms with van der Waals surface area (Å²) in [5.41, 5.74) is 5.47. The van der Waals surface area contributed by atoms with Gasteiger partial charge in [0.1, 0.15) is 5.75 Å². The van der Waals surface area contributed by atoms with Gasteiger partial charge in [0.25, 0.3) is 0 Å². The van der Waals surface area contributed by atoms with E-state index in [9.17, 15) is 0 Å². The molecule has 4 aliphatic rings. The average molecular weight is 373 g/mol. The van der Waals surface area contributed by atoms with Crippen molar-refractivity contribution in [2.45, 2.75) is 63.8 Å². The van der Waals surface area contributed by atoms with Gasteiger partial charge in [-0.2, -0.15) is 0 Å². The molecule has 0 radical (unpaired) electrons. The quantitative estimate of drug-likeness (QED) is 0.724. The van der Waals surface area contributed by atoms with E-state index in [1.54, 1.807) is 0 Å². The van der Waals surface area contributed by atoms with Gasteiger partial charge in [0, 0.05) is 18.4 Å². The van der Waals surface area contributed by atoms with E-state index in [0.717, 1.165) is 68.4 Å². The van der Waals surface area contributed by atoms with E-state index in [2.05, 4.69) is 30.3 Å². The Hall–Kier alpha value is -1.40. The summed E-state index contributed by atoms with van der Waals surface area (Å²) in [6.07, 6.45) is 7.07. The summed E-state index contributed by atoms with van der Waals surface area (Å²) in [7, 11) is 0. The van der Waals surface area contributed by atoms with Crippen molar-refractivity contribution in [3.8, 4) is 5.75 Å². The van der Waals surface area contributed by atoms with Gasteiger partial charge >= 0.3 is 0 Å². The van der Waals surface area contributed by atoms with Gasteiger partial charge in [-0.25, -0.2) is 5.48 Å². The molecule has 3 heterocycles. The molecule has 1 aliphatic carbocycles. The lowest BCUT2D eigenvalue weighted by molar-refractivity contribution is -0.192. The lowest BCUT2D eigenvalue weighted by Crippen LogP contribution is -2.52. The highest BCUT2D eigenvalue weighted by atomic mass is 16.7. The van der Waals surface area contributed by atoms with Crippen LogP contribution in [0.4, 0.5) is 0 Å². The number of ether oxygens (including phenoxy) is 3. The number of fused-ring (bicyclic) bond motifs is 3. The highest BCUT2D eigenvalue weighted by molar-refractivity contribution is 5.64. The molecule has 4 fully saturated rings. The van der Waals surface area contributed by atoms with E-state index in [0.29, 0.717) is 13.2 Å². The Labute approximate surface area is 161 Å². The fourth-order valence-electron chi connectivity index (χ4n) is 4.66. The maximum absolute atomic E-state index is 9.16. The maximum Gasteiger partial charge on any atom is 0.199 e. The Bertz CT molecular complexity index is 671. The minimum atomic E-state index is -0.256. The van der Waals surface area contributed by atoms with Crippen molar-refractivity contribution < 1.29 is 19.4 Å². The van der Waals surface area contributed by atoms with Crippen molar-refractivity contribution in [2.75, 3.05) is 19.8 Å². The summed E-state index contributed by atoms with van der Waals surface area (Å²) in [6.45, 7) is 8.21. The van der Waals surface area contributed by atoms with Crippen LogP contribution in [-0.4, -0.2) is 31.3 Å². The summed E-state index contributed by atoms with van der Waals surface area (Å²) in [5, 5.41) is 9.16. The lowest BCUT2D eigenvalue weighted by atomic mass is 9.64. The minimum absolute atomic E-state index is 0.0672. The summed E-state index contributed by atoms with van der Waals surface area (Å²) in [4.78, 5) is 0. The molecule has 0 amide bonds. The molecule has 0 spiro atoms. The van der Waals surface area contributed by atoms with Gasteiger partial charge < -0.3 is 19.4 Å². The molecule has 5 heteroatoms. The van der Waals surface area contributed by atoms with Crippen molar-refractivity contribution in [3.63, 3.8) is 0 Å². The zero-order chi connectivity index (χ0) is 18.9. The molecule has 3 aliphatic heterocycles. The smallest absolute Gasteiger partial charge is 0.199 e. The van der Waals surface area contributed by atoms with Gasteiger partial charge in [0.15, 0.2) is 6.29 Å². The summed E-state index contributed by atoms with van der Waals surface area (Å²) in [6, 6.07) is 6.40. The fraction of sp³-hybridized carbons (Fsp3) is 0.636. The van der Waals surface area contributed by atoms with Crippen LogP contribution in [0.5, 0.6) is 5.75 Å². The second-order valence-electron chi connectivity index (χ2n) is 8.56. The van der Waals surface area contributed by atoms with E-state index in [1.165, 1.54) is 5.56 Å². The predicted octanol–water partition coefficient (Wildman–Crippen LogP) is 4.39. The molecule has 1 unspecified atom stereocenters. The van der Waals surface area contributed by atoms with E-state index < -0.39 is 0 Å². The fourth-order valence-corrected chi connectivity index (χ4v) is 4.66. The SMILES string of the molecule is C=C(C)c1cc(OC2CCCCO2)cc(C23CCC(CNO)(CC2)CO3)c1. The van der Waals surface area contributed by atoms with E-state index in [4.69, 9.17) is 19.4 Å². The Morgan fingerprint density at radius 2 is 2.07 bits per heavy atom. The molecule has 3 saturated heterocycles. The molecule has 2 N–H and O–H groups in total. The second kappa shape index (κ2) is 7.55. The number of nitrogens with one attached hydrogen (secondary N) is 1. The summed E-state index contributed by atoms with van der Waals surface area (Å²) >= 11 is 0. The number of hydrogen-bond donors (Lipinski definition) is 2. The topological polar surface area (TPSA) is 60.0 Å². The van der Waals surface area contributed by atoms with E-state index in [1.807, 2.05) is 6.92 Å². The van der Waals surface area contributed by atoms with Crippen LogP contribution in [0.3, 0.4) is 0 Å². The van der Waals surface area contributed by atoms with Crippen LogP contribution in [0.25, 0.3) is 5.57 Å². The Balaban J connectivity index is 1.59. The molecular formula is C22H31NO4. The number of rotatable bonds is 6. The van der Waals surface area contributed by atoms with Crippen LogP contribution >= 0.6 is 0 Å². The largest absolute Gasteiger partial charge is 0.465 e. The lowest BCUT2D eigenvalue weighted by Gasteiger charge is -2.53. The first kappa shape index (κ1) is 18.9.